The van der Waals surface area contributed by atoms with Gasteiger partial charge in [0.2, 0.25) is 0 Å². The molecule has 0 bridgehead atoms. The maximum atomic E-state index is 9.72. The van der Waals surface area contributed by atoms with Crippen molar-refractivity contribution in [1.82, 2.24) is 9.97 Å². The Hall–Kier alpha value is -1.44. The molecule has 0 aromatic carbocycles. The Kier molecular flexibility index (Phi) is 5.76. The van der Waals surface area contributed by atoms with Crippen LogP contribution in [0, 0.1) is 5.92 Å². The van der Waals surface area contributed by atoms with Gasteiger partial charge < -0.3 is 20.6 Å². The van der Waals surface area contributed by atoms with Crippen LogP contribution in [0.2, 0.25) is 0 Å². The molecule has 0 spiro atoms. The fourth-order valence-electron chi connectivity index (χ4n) is 1.30. The number of rotatable bonds is 7. The molecule has 0 saturated carbocycles. The van der Waals surface area contributed by atoms with Crippen molar-refractivity contribution >= 4 is 11.6 Å². The number of methoxy groups -OCH3 is 1. The zero-order valence-electron chi connectivity index (χ0n) is 11.0. The number of nitrogen functional groups attached to an aromatic ring is 1. The lowest BCUT2D eigenvalue weighted by Crippen LogP contribution is -2.25. The number of hydrogen-bond acceptors (Lipinski definition) is 7. The van der Waals surface area contributed by atoms with Crippen molar-refractivity contribution in [3.05, 3.63) is 11.9 Å². The van der Waals surface area contributed by atoms with Crippen LogP contribution in [0.15, 0.2) is 6.07 Å². The van der Waals surface area contributed by atoms with Crippen LogP contribution in [0.5, 0.6) is 0 Å². The second kappa shape index (κ2) is 7.10. The highest BCUT2D eigenvalue weighted by molar-refractivity contribution is 5.46. The van der Waals surface area contributed by atoms with E-state index in [4.69, 9.17) is 10.6 Å². The number of aliphatic hydroxyl groups is 1. The highest BCUT2D eigenvalue weighted by Gasteiger charge is 2.10. The highest BCUT2D eigenvalue weighted by atomic mass is 16.5. The van der Waals surface area contributed by atoms with Gasteiger partial charge in [-0.15, -0.1) is 0 Å². The van der Waals surface area contributed by atoms with E-state index < -0.39 is 6.10 Å². The monoisotopic (exact) mass is 255 g/mol. The molecule has 0 aliphatic rings. The van der Waals surface area contributed by atoms with E-state index in [0.717, 1.165) is 0 Å². The number of aromatic nitrogens is 2. The van der Waals surface area contributed by atoms with Crippen LogP contribution < -0.4 is 16.6 Å². The topological polar surface area (TPSA) is 105 Å². The van der Waals surface area contributed by atoms with Crippen molar-refractivity contribution in [3.8, 4) is 0 Å². The minimum absolute atomic E-state index is 0.185. The molecule has 1 aromatic rings. The van der Waals surface area contributed by atoms with Crippen LogP contribution in [-0.4, -0.2) is 34.8 Å². The zero-order valence-corrected chi connectivity index (χ0v) is 11.0. The van der Waals surface area contributed by atoms with Gasteiger partial charge in [-0.25, -0.2) is 15.8 Å². The van der Waals surface area contributed by atoms with Gasteiger partial charge in [-0.2, -0.15) is 0 Å². The second-order valence-electron chi connectivity index (χ2n) is 4.32. The molecule has 7 nitrogen and oxygen atoms in total. The minimum Gasteiger partial charge on any atom is -0.391 e. The molecule has 5 N–H and O–H groups in total. The quantitative estimate of drug-likeness (QED) is 0.411. The van der Waals surface area contributed by atoms with E-state index in [-0.39, 0.29) is 5.92 Å². The van der Waals surface area contributed by atoms with Crippen molar-refractivity contribution in [2.45, 2.75) is 26.6 Å². The zero-order chi connectivity index (χ0) is 13.5. The number of aliphatic hydroxyl groups excluding tert-OH is 1. The summed E-state index contributed by atoms with van der Waals surface area (Å²) in [5, 5.41) is 12.8. The molecule has 0 saturated heterocycles. The van der Waals surface area contributed by atoms with E-state index in [1.165, 1.54) is 0 Å². The van der Waals surface area contributed by atoms with E-state index in [1.807, 2.05) is 13.8 Å². The van der Waals surface area contributed by atoms with Crippen LogP contribution in [0.4, 0.5) is 11.6 Å². The number of hydrazine groups is 1. The van der Waals surface area contributed by atoms with Gasteiger partial charge in [0.05, 0.1) is 6.10 Å². The Morgan fingerprint density at radius 2 is 2.06 bits per heavy atom. The molecule has 0 aliphatic carbocycles. The van der Waals surface area contributed by atoms with Crippen molar-refractivity contribution in [2.24, 2.45) is 11.8 Å². The molecule has 7 heteroatoms. The van der Waals surface area contributed by atoms with E-state index in [0.29, 0.717) is 30.6 Å². The van der Waals surface area contributed by atoms with E-state index >= 15 is 0 Å². The van der Waals surface area contributed by atoms with Crippen molar-refractivity contribution < 1.29 is 9.84 Å². The van der Waals surface area contributed by atoms with E-state index in [9.17, 15) is 5.11 Å². The Balaban J connectivity index is 2.71. The largest absolute Gasteiger partial charge is 0.391 e. The van der Waals surface area contributed by atoms with Crippen molar-refractivity contribution in [1.29, 1.82) is 0 Å². The van der Waals surface area contributed by atoms with E-state index in [1.54, 1.807) is 13.2 Å². The van der Waals surface area contributed by atoms with Crippen LogP contribution in [0.1, 0.15) is 19.7 Å². The molecular weight excluding hydrogens is 234 g/mol. The number of ether oxygens (including phenoxy) is 1. The summed E-state index contributed by atoms with van der Waals surface area (Å²) in [6, 6.07) is 1.67. The van der Waals surface area contributed by atoms with Crippen molar-refractivity contribution in [2.75, 3.05) is 24.4 Å². The normalized spacial score (nSPS) is 12.6. The summed E-state index contributed by atoms with van der Waals surface area (Å²) in [4.78, 5) is 8.38. The van der Waals surface area contributed by atoms with Gasteiger partial charge in [0, 0.05) is 19.7 Å². The summed E-state index contributed by atoms with van der Waals surface area (Å²) >= 11 is 0. The Labute approximate surface area is 107 Å². The van der Waals surface area contributed by atoms with Gasteiger partial charge in [-0.05, 0) is 5.92 Å². The van der Waals surface area contributed by atoms with Crippen molar-refractivity contribution in [3.63, 3.8) is 0 Å². The molecule has 1 aromatic heterocycles. The Bertz CT molecular complexity index is 372. The third-order valence-electron chi connectivity index (χ3n) is 2.46. The van der Waals surface area contributed by atoms with Gasteiger partial charge in [0.15, 0.2) is 5.82 Å². The highest BCUT2D eigenvalue weighted by Crippen LogP contribution is 2.12. The molecule has 1 rings (SSSR count). The molecule has 1 heterocycles. The van der Waals surface area contributed by atoms with Gasteiger partial charge in [0.1, 0.15) is 18.2 Å². The first-order valence-corrected chi connectivity index (χ1v) is 5.82. The van der Waals surface area contributed by atoms with Gasteiger partial charge in [-0.3, -0.25) is 0 Å². The molecular formula is C11H21N5O2. The first kappa shape index (κ1) is 14.6. The number of hydrogen-bond donors (Lipinski definition) is 4. The SMILES string of the molecule is COCc1nc(NN)cc(NCC(O)C(C)C)n1. The average molecular weight is 255 g/mol. The summed E-state index contributed by atoms with van der Waals surface area (Å²) in [6.45, 7) is 4.63. The number of nitrogens with one attached hydrogen (secondary N) is 2. The molecule has 0 radical (unpaired) electrons. The van der Waals surface area contributed by atoms with Gasteiger partial charge >= 0.3 is 0 Å². The third-order valence-corrected chi connectivity index (χ3v) is 2.46. The smallest absolute Gasteiger partial charge is 0.158 e. The summed E-state index contributed by atoms with van der Waals surface area (Å²) in [5.74, 6) is 7.14. The predicted molar refractivity (Wildman–Crippen MR) is 69.9 cm³/mol. The summed E-state index contributed by atoms with van der Waals surface area (Å²) in [7, 11) is 1.57. The molecule has 0 aliphatic heterocycles. The molecule has 102 valence electrons. The standard InChI is InChI=1S/C11H21N5O2/c1-7(2)8(17)5-13-9-4-10(16-12)15-11(14-9)6-18-3/h4,7-8,17H,5-6,12H2,1-3H3,(H2,13,14,15,16). The fraction of sp³-hybridized carbons (Fsp3) is 0.636. The first-order chi connectivity index (χ1) is 8.56. The lowest BCUT2D eigenvalue weighted by Gasteiger charge is -2.16. The van der Waals surface area contributed by atoms with Gasteiger partial charge in [-0.1, -0.05) is 13.8 Å². The first-order valence-electron chi connectivity index (χ1n) is 5.82. The van der Waals surface area contributed by atoms with Crippen LogP contribution in [0.25, 0.3) is 0 Å². The lowest BCUT2D eigenvalue weighted by atomic mass is 10.1. The van der Waals surface area contributed by atoms with Crippen LogP contribution in [-0.2, 0) is 11.3 Å². The molecule has 0 fully saturated rings. The molecule has 0 amide bonds. The summed E-state index contributed by atoms with van der Waals surface area (Å²) in [6.07, 6.45) is -0.430. The predicted octanol–water partition coefficient (Wildman–Crippen LogP) is 0.337. The maximum Gasteiger partial charge on any atom is 0.158 e. The van der Waals surface area contributed by atoms with Gasteiger partial charge in [0.25, 0.3) is 0 Å². The Morgan fingerprint density at radius 3 is 2.61 bits per heavy atom. The molecule has 1 unspecified atom stereocenters. The van der Waals surface area contributed by atoms with Crippen LogP contribution >= 0.6 is 0 Å². The molecule has 18 heavy (non-hydrogen) atoms. The lowest BCUT2D eigenvalue weighted by molar-refractivity contribution is 0.138. The Morgan fingerprint density at radius 1 is 1.39 bits per heavy atom. The summed E-state index contributed by atoms with van der Waals surface area (Å²) < 4.78 is 4.98. The molecule has 1 atom stereocenters. The van der Waals surface area contributed by atoms with Crippen LogP contribution in [0.3, 0.4) is 0 Å². The maximum absolute atomic E-state index is 9.72. The minimum atomic E-state index is -0.430. The summed E-state index contributed by atoms with van der Waals surface area (Å²) in [5.41, 5.74) is 2.47. The second-order valence-corrected chi connectivity index (χ2v) is 4.32. The number of anilines is 2. The number of nitrogens with two attached hydrogens (primary N) is 1. The number of nitrogens with zero attached hydrogens (tertiary/aromatic N) is 2. The average Bonchev–Trinajstić information content (AvgIpc) is 2.35. The van der Waals surface area contributed by atoms with E-state index in [2.05, 4.69) is 20.7 Å². The fourth-order valence-corrected chi connectivity index (χ4v) is 1.30. The third kappa shape index (κ3) is 4.44.